The van der Waals surface area contributed by atoms with Gasteiger partial charge in [0.2, 0.25) is 0 Å². The van der Waals surface area contributed by atoms with Crippen molar-refractivity contribution in [2.24, 2.45) is 0 Å². The van der Waals surface area contributed by atoms with E-state index in [1.807, 2.05) is 0 Å². The molecule has 26 heavy (non-hydrogen) atoms. The Morgan fingerprint density at radius 3 is 1.54 bits per heavy atom. The number of esters is 1. The molecule has 1 unspecified atom stereocenters. The van der Waals surface area contributed by atoms with Crippen LogP contribution in [0.3, 0.4) is 0 Å². The van der Waals surface area contributed by atoms with E-state index in [0.29, 0.717) is 11.1 Å². The molecule has 0 bridgehead atoms. The second kappa shape index (κ2) is 16.6. The van der Waals surface area contributed by atoms with Gasteiger partial charge in [0.25, 0.3) is 0 Å². The van der Waals surface area contributed by atoms with Crippen LogP contribution in [-0.2, 0) is 9.53 Å². The summed E-state index contributed by atoms with van der Waals surface area (Å²) in [6.45, 7) is 4.97. The molecule has 0 saturated heterocycles. The molecule has 0 aromatic carbocycles. The Labute approximate surface area is 164 Å². The molecule has 0 radical (unpaired) electrons. The minimum atomic E-state index is -0.0185. The first-order chi connectivity index (χ1) is 12.4. The summed E-state index contributed by atoms with van der Waals surface area (Å²) in [6.07, 6.45) is 19.2. The predicted octanol–water partition coefficient (Wildman–Crippen LogP) is 6.50. The summed E-state index contributed by atoms with van der Waals surface area (Å²) in [5.41, 5.74) is 0. The van der Waals surface area contributed by atoms with Crippen LogP contribution in [-0.4, -0.2) is 44.2 Å². The molecule has 0 aliphatic rings. The van der Waals surface area contributed by atoms with Crippen molar-refractivity contribution >= 4 is 5.97 Å². The van der Waals surface area contributed by atoms with E-state index in [0.717, 1.165) is 25.7 Å². The maximum absolute atomic E-state index is 12.4. The lowest BCUT2D eigenvalue weighted by molar-refractivity contribution is -0.887. The van der Waals surface area contributed by atoms with Crippen LogP contribution in [0.2, 0.25) is 0 Å². The van der Waals surface area contributed by atoms with Gasteiger partial charge in [-0.1, -0.05) is 90.9 Å². The van der Waals surface area contributed by atoms with Crippen molar-refractivity contribution in [3.8, 4) is 0 Å². The van der Waals surface area contributed by atoms with Gasteiger partial charge in [0.05, 0.1) is 27.7 Å². The molecule has 3 nitrogen and oxygen atoms in total. The third-order valence-electron chi connectivity index (χ3n) is 5.28. The molecule has 156 valence electrons. The Hall–Kier alpha value is -0.570. The molecule has 1 atom stereocenters. The van der Waals surface area contributed by atoms with E-state index < -0.39 is 0 Å². The number of rotatable bonds is 18. The van der Waals surface area contributed by atoms with Crippen molar-refractivity contribution in [3.63, 3.8) is 0 Å². The second-order valence-electron chi connectivity index (χ2n) is 8.83. The zero-order valence-electron chi connectivity index (χ0n) is 18.7. The number of likely N-dealkylation sites (N-methyl/N-ethyl adjacent to an activating group) is 1. The van der Waals surface area contributed by atoms with Gasteiger partial charge in [-0.2, -0.15) is 0 Å². The monoisotopic (exact) mass is 370 g/mol. The van der Waals surface area contributed by atoms with Crippen LogP contribution in [0.4, 0.5) is 0 Å². The summed E-state index contributed by atoms with van der Waals surface area (Å²) in [4.78, 5) is 12.4. The number of carbonyl (C=O) groups is 1. The van der Waals surface area contributed by atoms with E-state index >= 15 is 0 Å². The average Bonchev–Trinajstić information content (AvgIpc) is 2.58. The first-order valence-corrected chi connectivity index (χ1v) is 11.4. The Morgan fingerprint density at radius 1 is 0.692 bits per heavy atom. The molecule has 3 heteroatoms. The van der Waals surface area contributed by atoms with E-state index in [1.54, 1.807) is 0 Å². The van der Waals surface area contributed by atoms with Crippen LogP contribution in [0.25, 0.3) is 0 Å². The van der Waals surface area contributed by atoms with E-state index in [9.17, 15) is 4.79 Å². The van der Waals surface area contributed by atoms with Gasteiger partial charge in [-0.3, -0.25) is 0 Å². The number of ether oxygens (including phenoxy) is 1. The van der Waals surface area contributed by atoms with E-state index in [-0.39, 0.29) is 12.0 Å². The standard InChI is InChI=1S/C23H48NO2/c1-6-8-10-11-12-13-14-15-16-17-18-19-20-22(24(3,4)5)23(25)26-21-9-7-2/h22H,6-21H2,1-5H3/q+1. The summed E-state index contributed by atoms with van der Waals surface area (Å²) in [5.74, 6) is -0.00553. The molecule has 0 fully saturated rings. The van der Waals surface area contributed by atoms with Gasteiger partial charge in [-0.25, -0.2) is 4.79 Å². The zero-order valence-corrected chi connectivity index (χ0v) is 18.7. The van der Waals surface area contributed by atoms with Crippen LogP contribution >= 0.6 is 0 Å². The smallest absolute Gasteiger partial charge is 0.364 e. The Bertz CT molecular complexity index is 323. The topological polar surface area (TPSA) is 26.3 Å². The number of hydrogen-bond donors (Lipinski definition) is 0. The quantitative estimate of drug-likeness (QED) is 0.156. The predicted molar refractivity (Wildman–Crippen MR) is 113 cm³/mol. The number of nitrogens with zero attached hydrogens (tertiary/aromatic N) is 1. The van der Waals surface area contributed by atoms with Crippen molar-refractivity contribution < 1.29 is 14.0 Å². The highest BCUT2D eigenvalue weighted by atomic mass is 16.5. The third-order valence-corrected chi connectivity index (χ3v) is 5.28. The van der Waals surface area contributed by atoms with E-state index in [2.05, 4.69) is 35.0 Å². The molecule has 0 spiro atoms. The molecule has 0 N–H and O–H groups in total. The summed E-state index contributed by atoms with van der Waals surface area (Å²) in [6, 6.07) is -0.0185. The molecular formula is C23H48NO2+. The maximum atomic E-state index is 12.4. The minimum Gasteiger partial charge on any atom is -0.461 e. The molecule has 0 aromatic rings. The zero-order chi connectivity index (χ0) is 19.7. The lowest BCUT2D eigenvalue weighted by Gasteiger charge is -2.32. The molecule has 0 aliphatic heterocycles. The molecule has 0 rings (SSSR count). The largest absolute Gasteiger partial charge is 0.461 e. The minimum absolute atomic E-state index is 0.00553. The van der Waals surface area contributed by atoms with Gasteiger partial charge >= 0.3 is 5.97 Å². The Balaban J connectivity index is 3.72. The third kappa shape index (κ3) is 14.6. The van der Waals surface area contributed by atoms with Crippen molar-refractivity contribution in [1.29, 1.82) is 0 Å². The highest BCUT2D eigenvalue weighted by Crippen LogP contribution is 2.17. The van der Waals surface area contributed by atoms with Crippen LogP contribution in [0.15, 0.2) is 0 Å². The maximum Gasteiger partial charge on any atom is 0.364 e. The molecular weight excluding hydrogens is 322 g/mol. The summed E-state index contributed by atoms with van der Waals surface area (Å²) in [5, 5.41) is 0. The van der Waals surface area contributed by atoms with Gasteiger partial charge < -0.3 is 9.22 Å². The summed E-state index contributed by atoms with van der Waals surface area (Å²) < 4.78 is 6.14. The highest BCUT2D eigenvalue weighted by Gasteiger charge is 2.32. The van der Waals surface area contributed by atoms with Crippen LogP contribution in [0, 0.1) is 0 Å². The van der Waals surface area contributed by atoms with E-state index in [4.69, 9.17) is 4.74 Å². The highest BCUT2D eigenvalue weighted by molar-refractivity contribution is 5.74. The molecule has 0 heterocycles. The van der Waals surface area contributed by atoms with Crippen molar-refractivity contribution in [2.45, 2.75) is 116 Å². The van der Waals surface area contributed by atoms with Crippen molar-refractivity contribution in [2.75, 3.05) is 27.7 Å². The lowest BCUT2D eigenvalue weighted by Crippen LogP contribution is -2.50. The number of carbonyl (C=O) groups excluding carboxylic acids is 1. The van der Waals surface area contributed by atoms with Crippen LogP contribution < -0.4 is 0 Å². The van der Waals surface area contributed by atoms with Gasteiger partial charge in [0.15, 0.2) is 6.04 Å². The Morgan fingerprint density at radius 2 is 1.12 bits per heavy atom. The fourth-order valence-corrected chi connectivity index (χ4v) is 3.41. The first-order valence-electron chi connectivity index (χ1n) is 11.4. The Kier molecular flexibility index (Phi) is 16.2. The summed E-state index contributed by atoms with van der Waals surface area (Å²) >= 11 is 0. The average molecular weight is 371 g/mol. The summed E-state index contributed by atoms with van der Waals surface area (Å²) in [7, 11) is 6.31. The molecule has 0 amide bonds. The van der Waals surface area contributed by atoms with Crippen LogP contribution in [0.1, 0.15) is 110 Å². The fourth-order valence-electron chi connectivity index (χ4n) is 3.41. The fraction of sp³-hybridized carbons (Fsp3) is 0.957. The molecule has 0 aromatic heterocycles. The van der Waals surface area contributed by atoms with Gasteiger partial charge in [0.1, 0.15) is 0 Å². The molecule has 0 aliphatic carbocycles. The van der Waals surface area contributed by atoms with Crippen LogP contribution in [0.5, 0.6) is 0 Å². The number of unbranched alkanes of at least 4 members (excludes halogenated alkanes) is 12. The number of quaternary nitrogens is 1. The van der Waals surface area contributed by atoms with Gasteiger partial charge in [-0.05, 0) is 12.8 Å². The SMILES string of the molecule is CCCCCCCCCCCCCCC(C(=O)OCCCC)[N+](C)(C)C. The second-order valence-corrected chi connectivity index (χ2v) is 8.83. The molecule has 0 saturated carbocycles. The number of hydrogen-bond acceptors (Lipinski definition) is 2. The van der Waals surface area contributed by atoms with Crippen molar-refractivity contribution in [3.05, 3.63) is 0 Å². The lowest BCUT2D eigenvalue weighted by atomic mass is 10.0. The van der Waals surface area contributed by atoms with Crippen molar-refractivity contribution in [1.82, 2.24) is 0 Å². The normalized spacial score (nSPS) is 13.0. The first kappa shape index (κ1) is 25.4. The van der Waals surface area contributed by atoms with Gasteiger partial charge in [-0.15, -0.1) is 0 Å². The van der Waals surface area contributed by atoms with E-state index in [1.165, 1.54) is 70.6 Å². The van der Waals surface area contributed by atoms with Gasteiger partial charge in [0, 0.05) is 6.42 Å².